The summed E-state index contributed by atoms with van der Waals surface area (Å²) in [6.07, 6.45) is 3.65. The molecule has 0 aliphatic carbocycles. The third-order valence-electron chi connectivity index (χ3n) is 7.49. The van der Waals surface area contributed by atoms with E-state index < -0.39 is 0 Å². The van der Waals surface area contributed by atoms with Crippen LogP contribution >= 0.6 is 0 Å². The highest BCUT2D eigenvalue weighted by molar-refractivity contribution is 5.87. The van der Waals surface area contributed by atoms with Gasteiger partial charge in [-0.2, -0.15) is 0 Å². The van der Waals surface area contributed by atoms with Crippen molar-refractivity contribution < 1.29 is 0 Å². The summed E-state index contributed by atoms with van der Waals surface area (Å²) in [4.78, 5) is 11.7. The van der Waals surface area contributed by atoms with E-state index in [1.54, 1.807) is 0 Å². The number of hydrogen-bond donors (Lipinski definition) is 0. The van der Waals surface area contributed by atoms with Crippen molar-refractivity contribution in [3.05, 3.63) is 133 Å². The minimum absolute atomic E-state index is 0.0712. The van der Waals surface area contributed by atoms with Gasteiger partial charge < -0.3 is 4.90 Å². The Morgan fingerprint density at radius 1 is 0.622 bits per heavy atom. The fraction of sp³-hybridized carbons (Fsp3) is 0.0909. The Kier molecular flexibility index (Phi) is 4.76. The molecule has 178 valence electrons. The molecule has 0 N–H and O–H groups in total. The molecule has 0 saturated carbocycles. The molecule has 4 nitrogen and oxygen atoms in total. The second-order valence-electron chi connectivity index (χ2n) is 10.0. The van der Waals surface area contributed by atoms with Crippen molar-refractivity contribution in [3.63, 3.8) is 0 Å². The summed E-state index contributed by atoms with van der Waals surface area (Å²) < 4.78 is 2.21. The number of anilines is 3. The smallest absolute Gasteiger partial charge is 0.145 e. The maximum Gasteiger partial charge on any atom is 0.145 e. The molecule has 0 atom stereocenters. The van der Waals surface area contributed by atoms with Crippen LogP contribution in [0.3, 0.4) is 0 Å². The van der Waals surface area contributed by atoms with E-state index in [2.05, 4.69) is 125 Å². The minimum atomic E-state index is -0.0712. The molecule has 4 heteroatoms. The van der Waals surface area contributed by atoms with Gasteiger partial charge in [-0.15, -0.1) is 0 Å². The Bertz CT molecular complexity index is 1700. The van der Waals surface area contributed by atoms with Gasteiger partial charge in [0.15, 0.2) is 0 Å². The van der Waals surface area contributed by atoms with E-state index in [0.717, 1.165) is 33.8 Å². The number of nitrogens with zero attached hydrogens (tertiary/aromatic N) is 4. The lowest BCUT2D eigenvalue weighted by Crippen LogP contribution is -2.30. The second kappa shape index (κ2) is 8.17. The monoisotopic (exact) mass is 478 g/mol. The lowest BCUT2D eigenvalue weighted by atomic mass is 9.73. The number of para-hydroxylation sites is 3. The first-order valence-corrected chi connectivity index (χ1v) is 12.6. The van der Waals surface area contributed by atoms with E-state index in [-0.39, 0.29) is 5.41 Å². The fourth-order valence-corrected chi connectivity index (χ4v) is 5.67. The molecule has 0 spiro atoms. The summed E-state index contributed by atoms with van der Waals surface area (Å²) in [6, 6.07) is 38.6. The van der Waals surface area contributed by atoms with Gasteiger partial charge in [-0.3, -0.25) is 9.55 Å². The molecule has 0 bridgehead atoms. The van der Waals surface area contributed by atoms with E-state index in [9.17, 15) is 0 Å². The fourth-order valence-electron chi connectivity index (χ4n) is 5.67. The van der Waals surface area contributed by atoms with Crippen LogP contribution in [0.2, 0.25) is 0 Å². The third kappa shape index (κ3) is 3.30. The van der Waals surface area contributed by atoms with E-state index >= 15 is 0 Å². The predicted molar refractivity (Wildman–Crippen MR) is 151 cm³/mol. The van der Waals surface area contributed by atoms with Crippen molar-refractivity contribution in [2.45, 2.75) is 19.3 Å². The topological polar surface area (TPSA) is 34.0 Å². The van der Waals surface area contributed by atoms with E-state index in [1.165, 1.54) is 22.5 Å². The first-order valence-electron chi connectivity index (χ1n) is 12.6. The molecule has 0 unspecified atom stereocenters. The van der Waals surface area contributed by atoms with Gasteiger partial charge in [0.1, 0.15) is 11.3 Å². The van der Waals surface area contributed by atoms with Gasteiger partial charge in [-0.25, -0.2) is 4.98 Å². The summed E-state index contributed by atoms with van der Waals surface area (Å²) in [7, 11) is 0. The largest absolute Gasteiger partial charge is 0.310 e. The zero-order valence-electron chi connectivity index (χ0n) is 20.8. The van der Waals surface area contributed by atoms with Crippen molar-refractivity contribution in [2.24, 2.45) is 0 Å². The number of aromatic nitrogens is 3. The molecule has 7 rings (SSSR count). The Morgan fingerprint density at radius 2 is 1.24 bits per heavy atom. The molecule has 0 fully saturated rings. The molecule has 6 aromatic rings. The lowest BCUT2D eigenvalue weighted by molar-refractivity contribution is 0.632. The maximum absolute atomic E-state index is 4.98. The van der Waals surface area contributed by atoms with Crippen LogP contribution in [0.4, 0.5) is 17.1 Å². The molecule has 37 heavy (non-hydrogen) atoms. The van der Waals surface area contributed by atoms with Gasteiger partial charge >= 0.3 is 0 Å². The van der Waals surface area contributed by atoms with Crippen molar-refractivity contribution >= 4 is 28.1 Å². The van der Waals surface area contributed by atoms with Crippen LogP contribution in [-0.2, 0) is 5.41 Å². The number of pyridine rings is 1. The number of rotatable bonds is 3. The van der Waals surface area contributed by atoms with Gasteiger partial charge in [0.25, 0.3) is 0 Å². The van der Waals surface area contributed by atoms with E-state index in [1.807, 2.05) is 24.5 Å². The SMILES string of the molecule is CC1(C)c2ccccc2N(c2ccc(-c3nc4cnccc4n3-c3ccccc3)cc2)c2ccccc21. The van der Waals surface area contributed by atoms with E-state index in [4.69, 9.17) is 4.98 Å². The van der Waals surface area contributed by atoms with Crippen LogP contribution in [0, 0.1) is 0 Å². The molecular weight excluding hydrogens is 452 g/mol. The Labute approximate surface area is 216 Å². The molecule has 0 amide bonds. The minimum Gasteiger partial charge on any atom is -0.310 e. The molecule has 0 saturated heterocycles. The molecule has 3 heterocycles. The normalized spacial score (nSPS) is 13.8. The van der Waals surface area contributed by atoms with Crippen LogP contribution in [0.15, 0.2) is 122 Å². The Balaban J connectivity index is 1.38. The number of fused-ring (bicyclic) bond motifs is 3. The van der Waals surface area contributed by atoms with Gasteiger partial charge in [-0.05, 0) is 65.7 Å². The van der Waals surface area contributed by atoms with Gasteiger partial charge in [0.2, 0.25) is 0 Å². The highest BCUT2D eigenvalue weighted by Gasteiger charge is 2.36. The summed E-state index contributed by atoms with van der Waals surface area (Å²) >= 11 is 0. The van der Waals surface area contributed by atoms with Gasteiger partial charge in [-0.1, -0.05) is 68.4 Å². The maximum atomic E-state index is 4.98. The van der Waals surface area contributed by atoms with E-state index in [0.29, 0.717) is 0 Å². The summed E-state index contributed by atoms with van der Waals surface area (Å²) in [5.41, 5.74) is 10.2. The van der Waals surface area contributed by atoms with Crippen LogP contribution in [0.25, 0.3) is 28.1 Å². The molecular formula is C33H26N4. The number of hydrogen-bond acceptors (Lipinski definition) is 3. The number of benzene rings is 4. The Morgan fingerprint density at radius 3 is 1.92 bits per heavy atom. The predicted octanol–water partition coefficient (Wildman–Crippen LogP) is 8.20. The quantitative estimate of drug-likeness (QED) is 0.257. The van der Waals surface area contributed by atoms with Crippen LogP contribution in [-0.4, -0.2) is 14.5 Å². The standard InChI is InChI=1S/C33H26N4/c1-33(2)26-12-6-8-14-29(26)36(30-15-9-7-13-27(30)33)25-18-16-23(17-19-25)32-35-28-22-34-21-20-31(28)37(32)24-10-4-3-5-11-24/h3-22H,1-2H3. The molecule has 4 aromatic carbocycles. The third-order valence-corrected chi connectivity index (χ3v) is 7.49. The van der Waals surface area contributed by atoms with Crippen molar-refractivity contribution in [2.75, 3.05) is 4.90 Å². The van der Waals surface area contributed by atoms with Crippen LogP contribution in [0.1, 0.15) is 25.0 Å². The highest BCUT2D eigenvalue weighted by Crippen LogP contribution is 2.51. The molecule has 1 aliphatic heterocycles. The Hall–Kier alpha value is -4.70. The van der Waals surface area contributed by atoms with Gasteiger partial charge in [0.05, 0.1) is 23.1 Å². The molecule has 1 aliphatic rings. The number of imidazole rings is 1. The lowest BCUT2D eigenvalue weighted by Gasteiger charge is -2.42. The van der Waals surface area contributed by atoms with Gasteiger partial charge in [0, 0.05) is 28.6 Å². The summed E-state index contributed by atoms with van der Waals surface area (Å²) in [6.45, 7) is 4.63. The zero-order chi connectivity index (χ0) is 25.0. The molecule has 2 aromatic heterocycles. The summed E-state index contributed by atoms with van der Waals surface area (Å²) in [5.74, 6) is 0.904. The van der Waals surface area contributed by atoms with Crippen molar-refractivity contribution in [1.82, 2.24) is 14.5 Å². The summed E-state index contributed by atoms with van der Waals surface area (Å²) in [5, 5.41) is 0. The average Bonchev–Trinajstić information content (AvgIpc) is 3.34. The molecule has 0 radical (unpaired) electrons. The first-order chi connectivity index (χ1) is 18.1. The van der Waals surface area contributed by atoms with Crippen LogP contribution < -0.4 is 4.90 Å². The second-order valence-corrected chi connectivity index (χ2v) is 10.0. The zero-order valence-corrected chi connectivity index (χ0v) is 20.8. The van der Waals surface area contributed by atoms with Crippen molar-refractivity contribution in [3.8, 4) is 17.1 Å². The highest BCUT2D eigenvalue weighted by atomic mass is 15.2. The average molecular weight is 479 g/mol. The first kappa shape index (κ1) is 21.6. The van der Waals surface area contributed by atoms with Crippen LogP contribution in [0.5, 0.6) is 0 Å². The van der Waals surface area contributed by atoms with Crippen molar-refractivity contribution in [1.29, 1.82) is 0 Å².